The summed E-state index contributed by atoms with van der Waals surface area (Å²) in [5.74, 6) is 0. The number of piperidine rings is 1. The molecule has 1 N–H and O–H groups in total. The van der Waals surface area contributed by atoms with Gasteiger partial charge in [-0.05, 0) is 24.7 Å². The molecule has 0 aliphatic carbocycles. The fourth-order valence-corrected chi connectivity index (χ4v) is 1.95. The van der Waals surface area contributed by atoms with E-state index in [-0.39, 0.29) is 6.03 Å². The van der Waals surface area contributed by atoms with Crippen molar-refractivity contribution in [2.75, 3.05) is 19.6 Å². The lowest BCUT2D eigenvalue weighted by Crippen LogP contribution is -2.46. The Balaban J connectivity index is 2.33. The van der Waals surface area contributed by atoms with E-state index in [2.05, 4.69) is 26.1 Å². The van der Waals surface area contributed by atoms with Crippen LogP contribution in [0.2, 0.25) is 0 Å². The molecule has 3 nitrogen and oxygen atoms in total. The summed E-state index contributed by atoms with van der Waals surface area (Å²) in [4.78, 5) is 13.6. The van der Waals surface area contributed by atoms with E-state index in [0.29, 0.717) is 5.41 Å². The summed E-state index contributed by atoms with van der Waals surface area (Å²) in [6.07, 6.45) is 4.51. The highest BCUT2D eigenvalue weighted by Crippen LogP contribution is 2.33. The van der Waals surface area contributed by atoms with Crippen molar-refractivity contribution in [3.05, 3.63) is 0 Å². The molecule has 0 saturated carbocycles. The van der Waals surface area contributed by atoms with Gasteiger partial charge in [0.05, 0.1) is 0 Å². The minimum Gasteiger partial charge on any atom is -0.338 e. The van der Waals surface area contributed by atoms with Crippen LogP contribution in [0.15, 0.2) is 0 Å². The second-order valence-electron chi connectivity index (χ2n) is 4.88. The Kier molecular flexibility index (Phi) is 4.43. The molecule has 0 atom stereocenters. The van der Waals surface area contributed by atoms with Crippen molar-refractivity contribution in [3.8, 4) is 0 Å². The molecule has 0 aromatic carbocycles. The maximum atomic E-state index is 11.7. The fourth-order valence-electron chi connectivity index (χ4n) is 1.95. The SMILES string of the molecule is CCCNC(=O)N1CCC(C)(CC)CC1. The minimum atomic E-state index is 0.120. The first kappa shape index (κ1) is 12.3. The number of hydrogen-bond acceptors (Lipinski definition) is 1. The summed E-state index contributed by atoms with van der Waals surface area (Å²) in [5, 5.41) is 2.93. The molecule has 0 spiro atoms. The highest BCUT2D eigenvalue weighted by molar-refractivity contribution is 5.74. The standard InChI is InChI=1S/C12H24N2O/c1-4-8-13-11(15)14-9-6-12(3,5-2)7-10-14/h4-10H2,1-3H3,(H,13,15). The van der Waals surface area contributed by atoms with Gasteiger partial charge in [-0.2, -0.15) is 0 Å². The molecule has 1 aliphatic heterocycles. The van der Waals surface area contributed by atoms with E-state index in [9.17, 15) is 4.79 Å². The summed E-state index contributed by atoms with van der Waals surface area (Å²) in [6, 6.07) is 0.120. The minimum absolute atomic E-state index is 0.120. The summed E-state index contributed by atoms with van der Waals surface area (Å²) in [5.41, 5.74) is 0.460. The highest BCUT2D eigenvalue weighted by atomic mass is 16.2. The largest absolute Gasteiger partial charge is 0.338 e. The third-order valence-corrected chi connectivity index (χ3v) is 3.64. The van der Waals surface area contributed by atoms with Crippen LogP contribution in [0, 0.1) is 5.41 Å². The van der Waals surface area contributed by atoms with E-state index >= 15 is 0 Å². The molecule has 1 aliphatic rings. The van der Waals surface area contributed by atoms with Gasteiger partial charge < -0.3 is 10.2 Å². The molecule has 0 unspecified atom stereocenters. The zero-order chi connectivity index (χ0) is 11.3. The fraction of sp³-hybridized carbons (Fsp3) is 0.917. The lowest BCUT2D eigenvalue weighted by molar-refractivity contribution is 0.126. The number of urea groups is 1. The number of likely N-dealkylation sites (tertiary alicyclic amines) is 1. The molecule has 1 fully saturated rings. The highest BCUT2D eigenvalue weighted by Gasteiger charge is 2.29. The molecule has 1 heterocycles. The van der Waals surface area contributed by atoms with E-state index in [0.717, 1.165) is 38.9 Å². The van der Waals surface area contributed by atoms with Gasteiger partial charge in [0.25, 0.3) is 0 Å². The zero-order valence-electron chi connectivity index (χ0n) is 10.3. The third-order valence-electron chi connectivity index (χ3n) is 3.64. The summed E-state index contributed by atoms with van der Waals surface area (Å²) in [6.45, 7) is 9.27. The van der Waals surface area contributed by atoms with Crippen LogP contribution in [0.25, 0.3) is 0 Å². The first-order chi connectivity index (χ1) is 7.11. The molecule has 0 radical (unpaired) electrons. The van der Waals surface area contributed by atoms with Crippen LogP contribution in [0.5, 0.6) is 0 Å². The maximum Gasteiger partial charge on any atom is 0.317 e. The Morgan fingerprint density at radius 2 is 1.93 bits per heavy atom. The van der Waals surface area contributed by atoms with Gasteiger partial charge in [-0.15, -0.1) is 0 Å². The molecular weight excluding hydrogens is 188 g/mol. The lowest BCUT2D eigenvalue weighted by atomic mass is 9.78. The van der Waals surface area contributed by atoms with Crippen molar-refractivity contribution >= 4 is 6.03 Å². The number of nitrogens with zero attached hydrogens (tertiary/aromatic N) is 1. The van der Waals surface area contributed by atoms with Gasteiger partial charge in [-0.1, -0.05) is 27.2 Å². The predicted molar refractivity (Wildman–Crippen MR) is 62.9 cm³/mol. The Morgan fingerprint density at radius 3 is 2.40 bits per heavy atom. The Bertz CT molecular complexity index is 208. The van der Waals surface area contributed by atoms with E-state index < -0.39 is 0 Å². The molecule has 0 aromatic rings. The van der Waals surface area contributed by atoms with Crippen LogP contribution in [-0.2, 0) is 0 Å². The topological polar surface area (TPSA) is 32.3 Å². The molecule has 1 rings (SSSR count). The first-order valence-corrected chi connectivity index (χ1v) is 6.14. The smallest absolute Gasteiger partial charge is 0.317 e. The monoisotopic (exact) mass is 212 g/mol. The van der Waals surface area contributed by atoms with Crippen LogP contribution in [0.1, 0.15) is 46.5 Å². The van der Waals surface area contributed by atoms with Crippen LogP contribution < -0.4 is 5.32 Å². The number of hydrogen-bond donors (Lipinski definition) is 1. The van der Waals surface area contributed by atoms with E-state index in [1.165, 1.54) is 6.42 Å². The van der Waals surface area contributed by atoms with Gasteiger partial charge >= 0.3 is 6.03 Å². The number of carbonyl (C=O) groups excluding carboxylic acids is 1. The van der Waals surface area contributed by atoms with Gasteiger partial charge in [0.1, 0.15) is 0 Å². The second-order valence-corrected chi connectivity index (χ2v) is 4.88. The number of nitrogens with one attached hydrogen (secondary N) is 1. The molecule has 15 heavy (non-hydrogen) atoms. The summed E-state index contributed by atoms with van der Waals surface area (Å²) in [7, 11) is 0. The van der Waals surface area contributed by atoms with Gasteiger partial charge in [0.2, 0.25) is 0 Å². The van der Waals surface area contributed by atoms with Gasteiger partial charge in [0, 0.05) is 19.6 Å². The zero-order valence-corrected chi connectivity index (χ0v) is 10.3. The summed E-state index contributed by atoms with van der Waals surface area (Å²) < 4.78 is 0. The summed E-state index contributed by atoms with van der Waals surface area (Å²) >= 11 is 0. The van der Waals surface area contributed by atoms with Crippen molar-refractivity contribution in [1.82, 2.24) is 10.2 Å². The van der Waals surface area contributed by atoms with Crippen LogP contribution in [0.3, 0.4) is 0 Å². The molecule has 0 bridgehead atoms. The molecule has 3 heteroatoms. The van der Waals surface area contributed by atoms with Crippen LogP contribution in [0.4, 0.5) is 4.79 Å². The van der Waals surface area contributed by atoms with Crippen LogP contribution in [-0.4, -0.2) is 30.6 Å². The Hall–Kier alpha value is -0.730. The van der Waals surface area contributed by atoms with Crippen molar-refractivity contribution < 1.29 is 4.79 Å². The maximum absolute atomic E-state index is 11.7. The molecule has 1 saturated heterocycles. The normalized spacial score (nSPS) is 20.1. The number of rotatable bonds is 3. The average molecular weight is 212 g/mol. The first-order valence-electron chi connectivity index (χ1n) is 6.14. The van der Waals surface area contributed by atoms with Gasteiger partial charge in [-0.3, -0.25) is 0 Å². The molecular formula is C12H24N2O. The van der Waals surface area contributed by atoms with Gasteiger partial charge in [0.15, 0.2) is 0 Å². The van der Waals surface area contributed by atoms with E-state index in [4.69, 9.17) is 0 Å². The molecule has 0 aromatic heterocycles. The number of amides is 2. The Morgan fingerprint density at radius 1 is 1.33 bits per heavy atom. The Labute approximate surface area is 93.2 Å². The van der Waals surface area contributed by atoms with E-state index in [1.54, 1.807) is 0 Å². The number of carbonyl (C=O) groups is 1. The average Bonchev–Trinajstić information content (AvgIpc) is 2.27. The van der Waals surface area contributed by atoms with Crippen molar-refractivity contribution in [3.63, 3.8) is 0 Å². The molecule has 88 valence electrons. The quantitative estimate of drug-likeness (QED) is 0.766. The van der Waals surface area contributed by atoms with Crippen molar-refractivity contribution in [2.24, 2.45) is 5.41 Å². The van der Waals surface area contributed by atoms with Gasteiger partial charge in [-0.25, -0.2) is 4.79 Å². The third kappa shape index (κ3) is 3.40. The molecule has 2 amide bonds. The van der Waals surface area contributed by atoms with Crippen molar-refractivity contribution in [2.45, 2.75) is 46.5 Å². The lowest BCUT2D eigenvalue weighted by Gasteiger charge is -2.38. The second kappa shape index (κ2) is 5.38. The predicted octanol–water partition coefficient (Wildman–Crippen LogP) is 2.62. The van der Waals surface area contributed by atoms with Crippen molar-refractivity contribution in [1.29, 1.82) is 0 Å². The van der Waals surface area contributed by atoms with E-state index in [1.807, 2.05) is 4.90 Å². The van der Waals surface area contributed by atoms with Crippen LogP contribution >= 0.6 is 0 Å².